The Morgan fingerprint density at radius 2 is 2.11 bits per heavy atom. The SMILES string of the molecule is CC(c1cccc(Cl)c1)n1cncc1C(C)(C)N. The van der Waals surface area contributed by atoms with E-state index in [1.54, 1.807) is 0 Å². The van der Waals surface area contributed by atoms with E-state index in [1.807, 2.05) is 44.6 Å². The molecule has 3 nitrogen and oxygen atoms in total. The molecule has 0 amide bonds. The lowest BCUT2D eigenvalue weighted by atomic mass is 10.0. The normalized spacial score (nSPS) is 13.6. The molecule has 4 heteroatoms. The Morgan fingerprint density at radius 1 is 1.39 bits per heavy atom. The number of halogens is 1. The molecule has 2 N–H and O–H groups in total. The zero-order chi connectivity index (χ0) is 13.3. The summed E-state index contributed by atoms with van der Waals surface area (Å²) in [5, 5.41) is 0.744. The second kappa shape index (κ2) is 4.75. The molecule has 0 radical (unpaired) electrons. The van der Waals surface area contributed by atoms with Gasteiger partial charge in [0, 0.05) is 5.02 Å². The molecule has 1 atom stereocenters. The highest BCUT2D eigenvalue weighted by atomic mass is 35.5. The summed E-state index contributed by atoms with van der Waals surface area (Å²) in [4.78, 5) is 4.21. The van der Waals surface area contributed by atoms with Gasteiger partial charge in [-0.3, -0.25) is 0 Å². The molecule has 1 unspecified atom stereocenters. The fraction of sp³-hybridized carbons (Fsp3) is 0.357. The average molecular weight is 264 g/mol. The first-order valence-corrected chi connectivity index (χ1v) is 6.34. The first-order chi connectivity index (χ1) is 8.39. The van der Waals surface area contributed by atoms with Crippen LogP contribution >= 0.6 is 11.6 Å². The molecule has 1 aromatic heterocycles. The van der Waals surface area contributed by atoms with E-state index in [2.05, 4.69) is 22.5 Å². The monoisotopic (exact) mass is 263 g/mol. The van der Waals surface area contributed by atoms with E-state index in [9.17, 15) is 0 Å². The second-order valence-corrected chi connectivity index (χ2v) is 5.58. The number of nitrogens with two attached hydrogens (primary N) is 1. The van der Waals surface area contributed by atoms with Gasteiger partial charge in [-0.25, -0.2) is 4.98 Å². The van der Waals surface area contributed by atoms with Crippen molar-refractivity contribution in [2.45, 2.75) is 32.4 Å². The van der Waals surface area contributed by atoms with Crippen molar-refractivity contribution < 1.29 is 0 Å². The quantitative estimate of drug-likeness (QED) is 0.923. The fourth-order valence-corrected chi connectivity index (χ4v) is 2.24. The molecule has 0 aliphatic rings. The Balaban J connectivity index is 2.41. The Kier molecular flexibility index (Phi) is 3.46. The molecule has 0 aliphatic carbocycles. The zero-order valence-corrected chi connectivity index (χ0v) is 11.6. The number of hydrogen-bond donors (Lipinski definition) is 1. The summed E-state index contributed by atoms with van der Waals surface area (Å²) in [5.41, 5.74) is 7.90. The molecular formula is C14H18ClN3. The largest absolute Gasteiger partial charge is 0.326 e. The summed E-state index contributed by atoms with van der Waals surface area (Å²) in [6.45, 7) is 6.07. The van der Waals surface area contributed by atoms with Crippen LogP contribution in [-0.2, 0) is 5.54 Å². The maximum atomic E-state index is 6.16. The minimum atomic E-state index is -0.413. The minimum absolute atomic E-state index is 0.157. The number of imidazole rings is 1. The van der Waals surface area contributed by atoms with E-state index in [0.29, 0.717) is 0 Å². The molecule has 0 spiro atoms. The molecule has 0 fully saturated rings. The molecule has 2 rings (SSSR count). The summed E-state index contributed by atoms with van der Waals surface area (Å²) in [5.74, 6) is 0. The van der Waals surface area contributed by atoms with Gasteiger partial charge in [0.05, 0.1) is 29.8 Å². The van der Waals surface area contributed by atoms with Crippen LogP contribution in [0.1, 0.15) is 38.1 Å². The van der Waals surface area contributed by atoms with Crippen molar-refractivity contribution in [1.82, 2.24) is 9.55 Å². The van der Waals surface area contributed by atoms with Gasteiger partial charge in [-0.05, 0) is 38.5 Å². The number of benzene rings is 1. The molecule has 0 saturated heterocycles. The predicted molar refractivity (Wildman–Crippen MR) is 74.7 cm³/mol. The van der Waals surface area contributed by atoms with Crippen LogP contribution in [0, 0.1) is 0 Å². The van der Waals surface area contributed by atoms with Crippen LogP contribution in [0.4, 0.5) is 0 Å². The third-order valence-corrected chi connectivity index (χ3v) is 3.31. The lowest BCUT2D eigenvalue weighted by Crippen LogP contribution is -2.32. The average Bonchev–Trinajstić information content (AvgIpc) is 2.76. The molecule has 0 bridgehead atoms. The number of hydrogen-bond acceptors (Lipinski definition) is 2. The van der Waals surface area contributed by atoms with Crippen LogP contribution < -0.4 is 5.73 Å². The van der Waals surface area contributed by atoms with Crippen molar-refractivity contribution in [3.63, 3.8) is 0 Å². The topological polar surface area (TPSA) is 43.8 Å². The highest BCUT2D eigenvalue weighted by Gasteiger charge is 2.22. The maximum absolute atomic E-state index is 6.16. The second-order valence-electron chi connectivity index (χ2n) is 5.14. The van der Waals surface area contributed by atoms with Crippen LogP contribution in [0.25, 0.3) is 0 Å². The van der Waals surface area contributed by atoms with Gasteiger partial charge in [0.15, 0.2) is 0 Å². The maximum Gasteiger partial charge on any atom is 0.0954 e. The van der Waals surface area contributed by atoms with Gasteiger partial charge in [0.1, 0.15) is 0 Å². The molecule has 96 valence electrons. The Morgan fingerprint density at radius 3 is 2.72 bits per heavy atom. The van der Waals surface area contributed by atoms with E-state index in [0.717, 1.165) is 16.3 Å². The zero-order valence-electron chi connectivity index (χ0n) is 10.9. The third-order valence-electron chi connectivity index (χ3n) is 3.07. The summed E-state index contributed by atoms with van der Waals surface area (Å²) >= 11 is 6.03. The molecule has 0 saturated carbocycles. The number of rotatable bonds is 3. The molecule has 18 heavy (non-hydrogen) atoms. The van der Waals surface area contributed by atoms with Gasteiger partial charge in [-0.15, -0.1) is 0 Å². The Labute approximate surface area is 113 Å². The minimum Gasteiger partial charge on any atom is -0.326 e. The van der Waals surface area contributed by atoms with Gasteiger partial charge in [0.25, 0.3) is 0 Å². The van der Waals surface area contributed by atoms with Crippen LogP contribution in [0.3, 0.4) is 0 Å². The summed E-state index contributed by atoms with van der Waals surface area (Å²) < 4.78 is 2.09. The lowest BCUT2D eigenvalue weighted by molar-refractivity contribution is 0.477. The van der Waals surface area contributed by atoms with E-state index in [4.69, 9.17) is 17.3 Å². The molecule has 1 heterocycles. The van der Waals surface area contributed by atoms with Gasteiger partial charge in [-0.2, -0.15) is 0 Å². The molecule has 1 aromatic carbocycles. The molecule has 0 aliphatic heterocycles. The summed E-state index contributed by atoms with van der Waals surface area (Å²) in [7, 11) is 0. The number of nitrogens with zero attached hydrogens (tertiary/aromatic N) is 2. The van der Waals surface area contributed by atoms with Crippen molar-refractivity contribution in [3.8, 4) is 0 Å². The summed E-state index contributed by atoms with van der Waals surface area (Å²) in [6, 6.07) is 8.02. The summed E-state index contributed by atoms with van der Waals surface area (Å²) in [6.07, 6.45) is 3.64. The van der Waals surface area contributed by atoms with Crippen LogP contribution in [0.15, 0.2) is 36.8 Å². The van der Waals surface area contributed by atoms with E-state index >= 15 is 0 Å². The first kappa shape index (κ1) is 13.1. The van der Waals surface area contributed by atoms with Gasteiger partial charge in [-0.1, -0.05) is 23.7 Å². The third kappa shape index (κ3) is 2.57. The van der Waals surface area contributed by atoms with E-state index in [1.165, 1.54) is 0 Å². The number of aromatic nitrogens is 2. The van der Waals surface area contributed by atoms with Crippen LogP contribution in [-0.4, -0.2) is 9.55 Å². The standard InChI is InChI=1S/C14H18ClN3/c1-10(11-5-4-6-12(15)7-11)18-9-17-8-13(18)14(2,3)16/h4-10H,16H2,1-3H3. The molecular weight excluding hydrogens is 246 g/mol. The smallest absolute Gasteiger partial charge is 0.0954 e. The Bertz CT molecular complexity index is 540. The van der Waals surface area contributed by atoms with Gasteiger partial charge >= 0.3 is 0 Å². The first-order valence-electron chi connectivity index (χ1n) is 5.96. The van der Waals surface area contributed by atoms with Gasteiger partial charge < -0.3 is 10.3 Å². The molecule has 2 aromatic rings. The fourth-order valence-electron chi connectivity index (χ4n) is 2.04. The lowest BCUT2D eigenvalue weighted by Gasteiger charge is -2.24. The van der Waals surface area contributed by atoms with Crippen molar-refractivity contribution in [2.24, 2.45) is 5.73 Å². The van der Waals surface area contributed by atoms with E-state index in [-0.39, 0.29) is 6.04 Å². The highest BCUT2D eigenvalue weighted by molar-refractivity contribution is 6.30. The predicted octanol–water partition coefficient (Wildman–Crippen LogP) is 3.34. The van der Waals surface area contributed by atoms with Gasteiger partial charge in [0.2, 0.25) is 0 Å². The van der Waals surface area contributed by atoms with Crippen molar-refractivity contribution in [2.75, 3.05) is 0 Å². The highest BCUT2D eigenvalue weighted by Crippen LogP contribution is 2.26. The van der Waals surface area contributed by atoms with Crippen molar-refractivity contribution in [3.05, 3.63) is 53.1 Å². The van der Waals surface area contributed by atoms with Crippen LogP contribution in [0.2, 0.25) is 5.02 Å². The van der Waals surface area contributed by atoms with Crippen molar-refractivity contribution >= 4 is 11.6 Å². The Hall–Kier alpha value is -1.32. The van der Waals surface area contributed by atoms with E-state index < -0.39 is 5.54 Å². The van der Waals surface area contributed by atoms with Crippen LogP contribution in [0.5, 0.6) is 0 Å². The van der Waals surface area contributed by atoms with Crippen molar-refractivity contribution in [1.29, 1.82) is 0 Å².